The number of rotatable bonds is 6. The Morgan fingerprint density at radius 1 is 1.04 bits per heavy atom. The molecule has 0 fully saturated rings. The molecule has 0 spiro atoms. The molecule has 7 nitrogen and oxygen atoms in total. The molecule has 2 aromatic rings. The highest BCUT2D eigenvalue weighted by Gasteiger charge is 2.27. The molecule has 2 N–H and O–H groups in total. The molecule has 0 saturated carbocycles. The number of hydrogen-bond acceptors (Lipinski definition) is 5. The maximum absolute atomic E-state index is 13.6. The summed E-state index contributed by atoms with van der Waals surface area (Å²) < 4.78 is 24.0. The van der Waals surface area contributed by atoms with Crippen LogP contribution in [0.5, 0.6) is 0 Å². The topological polar surface area (TPSA) is 97.5 Å². The summed E-state index contributed by atoms with van der Waals surface area (Å²) in [6.45, 7) is 8.03. The fourth-order valence-electron chi connectivity index (χ4n) is 2.60. The van der Waals surface area contributed by atoms with Gasteiger partial charge in [-0.2, -0.15) is 0 Å². The van der Waals surface area contributed by atoms with Gasteiger partial charge in [0.1, 0.15) is 11.5 Å². The van der Waals surface area contributed by atoms with Gasteiger partial charge < -0.3 is 19.8 Å². The maximum Gasteiger partial charge on any atom is 0.355 e. The molecule has 1 aromatic carbocycles. The molecular weight excluding hydrogens is 367 g/mol. The van der Waals surface area contributed by atoms with E-state index >= 15 is 0 Å². The smallest absolute Gasteiger partial charge is 0.355 e. The lowest BCUT2D eigenvalue weighted by Gasteiger charge is -2.14. The number of hydrogen-bond donors (Lipinski definition) is 2. The van der Waals surface area contributed by atoms with E-state index in [-0.39, 0.29) is 23.0 Å². The number of carbonyl (C=O) groups excluding carboxylic acids is 3. The number of para-hydroxylation sites is 1. The quantitative estimate of drug-likeness (QED) is 0.736. The summed E-state index contributed by atoms with van der Waals surface area (Å²) in [5.41, 5.74) is 1.12. The van der Waals surface area contributed by atoms with Crippen LogP contribution in [0.1, 0.15) is 52.9 Å². The first kappa shape index (κ1) is 21.1. The van der Waals surface area contributed by atoms with Crippen LogP contribution in [0.2, 0.25) is 0 Å². The predicted octanol–water partition coefficient (Wildman–Crippen LogP) is 3.52. The molecule has 0 unspecified atom stereocenters. The number of carbonyl (C=O) groups is 3. The van der Waals surface area contributed by atoms with E-state index in [0.29, 0.717) is 11.3 Å². The van der Waals surface area contributed by atoms with Crippen LogP contribution < -0.4 is 5.32 Å². The second-order valence-electron chi connectivity index (χ2n) is 6.60. The molecule has 1 amide bonds. The Labute approximate surface area is 162 Å². The minimum absolute atomic E-state index is 0.0129. The molecule has 8 heteroatoms. The third-order valence-corrected chi connectivity index (χ3v) is 3.97. The van der Waals surface area contributed by atoms with Crippen molar-refractivity contribution < 1.29 is 28.2 Å². The fourth-order valence-corrected chi connectivity index (χ4v) is 2.60. The molecule has 150 valence electrons. The van der Waals surface area contributed by atoms with Crippen LogP contribution in [0, 0.1) is 19.7 Å². The van der Waals surface area contributed by atoms with E-state index in [1.807, 2.05) is 0 Å². The van der Waals surface area contributed by atoms with E-state index in [4.69, 9.17) is 9.47 Å². The van der Waals surface area contributed by atoms with Gasteiger partial charge in [-0.05, 0) is 52.3 Å². The van der Waals surface area contributed by atoms with Crippen LogP contribution in [-0.2, 0) is 14.3 Å². The van der Waals surface area contributed by atoms with Crippen LogP contribution in [0.25, 0.3) is 0 Å². The van der Waals surface area contributed by atoms with E-state index in [0.717, 1.165) is 0 Å². The first-order chi connectivity index (χ1) is 13.1. The number of ether oxygens (including phenoxy) is 2. The van der Waals surface area contributed by atoms with Crippen molar-refractivity contribution in [1.29, 1.82) is 0 Å². The van der Waals surface area contributed by atoms with Gasteiger partial charge >= 0.3 is 11.9 Å². The Kier molecular flexibility index (Phi) is 6.56. The zero-order valence-corrected chi connectivity index (χ0v) is 16.4. The molecule has 1 aromatic heterocycles. The number of H-pyrrole nitrogens is 1. The summed E-state index contributed by atoms with van der Waals surface area (Å²) in [6.07, 6.45) is -1.49. The van der Waals surface area contributed by atoms with Crippen LogP contribution in [-0.4, -0.2) is 35.0 Å². The number of benzene rings is 1. The SMILES string of the molecule is Cc1[nH]c(C(=O)O[C@@H](C)C(=O)Nc2ccccc2F)c(C)c1C(=O)OC(C)C. The van der Waals surface area contributed by atoms with Gasteiger partial charge in [0.15, 0.2) is 6.10 Å². The van der Waals surface area contributed by atoms with Gasteiger partial charge in [0.2, 0.25) is 0 Å². The molecule has 0 aliphatic rings. The van der Waals surface area contributed by atoms with Gasteiger partial charge in [-0.15, -0.1) is 0 Å². The molecule has 1 heterocycles. The van der Waals surface area contributed by atoms with E-state index in [2.05, 4.69) is 10.3 Å². The second-order valence-corrected chi connectivity index (χ2v) is 6.60. The molecule has 1 atom stereocenters. The number of anilines is 1. The molecule has 0 radical (unpaired) electrons. The standard InChI is InChI=1S/C20H23FN2O5/c1-10(2)27-19(25)16-11(3)17(22-12(16)4)20(26)28-13(5)18(24)23-15-9-7-6-8-14(15)21/h6-10,13,22H,1-5H3,(H,23,24)/t13-/m0/s1. The van der Waals surface area contributed by atoms with Crippen molar-refractivity contribution in [3.63, 3.8) is 0 Å². The Balaban J connectivity index is 2.11. The molecular formula is C20H23FN2O5. The van der Waals surface area contributed by atoms with Gasteiger partial charge in [-0.1, -0.05) is 12.1 Å². The monoisotopic (exact) mass is 390 g/mol. The molecule has 0 aliphatic heterocycles. The van der Waals surface area contributed by atoms with Gasteiger partial charge in [0.05, 0.1) is 17.4 Å². The molecule has 0 bridgehead atoms. The average Bonchev–Trinajstić information content (AvgIpc) is 2.90. The largest absolute Gasteiger partial charge is 0.459 e. The number of nitrogens with one attached hydrogen (secondary N) is 2. The van der Waals surface area contributed by atoms with Crippen molar-refractivity contribution in [2.75, 3.05) is 5.32 Å². The van der Waals surface area contributed by atoms with Crippen molar-refractivity contribution in [3.05, 3.63) is 52.6 Å². The molecule has 2 rings (SSSR count). The Bertz CT molecular complexity index is 904. The Morgan fingerprint density at radius 2 is 1.68 bits per heavy atom. The number of aromatic nitrogens is 1. The van der Waals surface area contributed by atoms with E-state index in [1.54, 1.807) is 33.8 Å². The third-order valence-electron chi connectivity index (χ3n) is 3.97. The summed E-state index contributed by atoms with van der Waals surface area (Å²) in [6, 6.07) is 5.66. The Hall–Kier alpha value is -3.16. The van der Waals surface area contributed by atoms with Crippen LogP contribution >= 0.6 is 0 Å². The average molecular weight is 390 g/mol. The first-order valence-corrected chi connectivity index (χ1v) is 8.78. The summed E-state index contributed by atoms with van der Waals surface area (Å²) >= 11 is 0. The second kappa shape index (κ2) is 8.69. The van der Waals surface area contributed by atoms with Crippen molar-refractivity contribution in [2.45, 2.75) is 46.8 Å². The molecule has 0 aliphatic carbocycles. The van der Waals surface area contributed by atoms with Gasteiger partial charge in [-0.25, -0.2) is 14.0 Å². The Morgan fingerprint density at radius 3 is 2.29 bits per heavy atom. The number of halogens is 1. The predicted molar refractivity (Wildman–Crippen MR) is 101 cm³/mol. The lowest BCUT2D eigenvalue weighted by Crippen LogP contribution is -2.30. The van der Waals surface area contributed by atoms with Gasteiger partial charge in [0.25, 0.3) is 5.91 Å². The number of esters is 2. The summed E-state index contributed by atoms with van der Waals surface area (Å²) in [5.74, 6) is -2.64. The lowest BCUT2D eigenvalue weighted by atomic mass is 10.1. The minimum Gasteiger partial charge on any atom is -0.459 e. The maximum atomic E-state index is 13.6. The van der Waals surface area contributed by atoms with E-state index in [1.165, 1.54) is 25.1 Å². The summed E-state index contributed by atoms with van der Waals surface area (Å²) in [7, 11) is 0. The number of aromatic amines is 1. The summed E-state index contributed by atoms with van der Waals surface area (Å²) in [4.78, 5) is 39.6. The van der Waals surface area contributed by atoms with Crippen LogP contribution in [0.4, 0.5) is 10.1 Å². The first-order valence-electron chi connectivity index (χ1n) is 8.78. The lowest BCUT2D eigenvalue weighted by molar-refractivity contribution is -0.123. The van der Waals surface area contributed by atoms with E-state index in [9.17, 15) is 18.8 Å². The fraction of sp³-hybridized carbons (Fsp3) is 0.350. The number of aryl methyl sites for hydroxylation is 1. The van der Waals surface area contributed by atoms with Gasteiger partial charge in [-0.3, -0.25) is 4.79 Å². The highest BCUT2D eigenvalue weighted by atomic mass is 19.1. The van der Waals surface area contributed by atoms with Crippen LogP contribution in [0.3, 0.4) is 0 Å². The zero-order chi connectivity index (χ0) is 21.0. The zero-order valence-electron chi connectivity index (χ0n) is 16.4. The molecule has 0 saturated heterocycles. The summed E-state index contributed by atoms with van der Waals surface area (Å²) in [5, 5.41) is 2.36. The highest BCUT2D eigenvalue weighted by molar-refractivity contribution is 6.00. The number of amides is 1. The van der Waals surface area contributed by atoms with Crippen molar-refractivity contribution >= 4 is 23.5 Å². The van der Waals surface area contributed by atoms with Crippen LogP contribution in [0.15, 0.2) is 24.3 Å². The van der Waals surface area contributed by atoms with Crippen molar-refractivity contribution in [1.82, 2.24) is 4.98 Å². The minimum atomic E-state index is -1.18. The molecule has 28 heavy (non-hydrogen) atoms. The third kappa shape index (κ3) is 4.76. The van der Waals surface area contributed by atoms with Crippen molar-refractivity contribution in [3.8, 4) is 0 Å². The normalized spacial score (nSPS) is 11.8. The highest BCUT2D eigenvalue weighted by Crippen LogP contribution is 2.21. The van der Waals surface area contributed by atoms with Gasteiger partial charge in [0, 0.05) is 5.69 Å². The van der Waals surface area contributed by atoms with E-state index < -0.39 is 29.8 Å². The van der Waals surface area contributed by atoms with Crippen molar-refractivity contribution in [2.24, 2.45) is 0 Å².